The molecular weight excluding hydrogens is 308 g/mol. The summed E-state index contributed by atoms with van der Waals surface area (Å²) in [7, 11) is 0. The molecule has 2 saturated heterocycles. The second-order valence-electron chi connectivity index (χ2n) is 6.80. The first-order chi connectivity index (χ1) is 11.8. The number of nitrogens with one attached hydrogen (secondary N) is 1. The zero-order valence-corrected chi connectivity index (χ0v) is 13.2. The van der Waals surface area contributed by atoms with E-state index in [2.05, 4.69) is 39.7 Å². The smallest absolute Gasteiger partial charge is 0.183 e. The van der Waals surface area contributed by atoms with Crippen molar-refractivity contribution in [1.29, 1.82) is 0 Å². The molecular formula is C17H20N4O3. The molecule has 2 aliphatic heterocycles. The van der Waals surface area contributed by atoms with E-state index in [1.54, 1.807) is 11.0 Å². The van der Waals surface area contributed by atoms with Crippen LogP contribution in [-0.4, -0.2) is 57.1 Å². The quantitative estimate of drug-likeness (QED) is 0.829. The highest BCUT2D eigenvalue weighted by Gasteiger charge is 2.51. The normalized spacial score (nSPS) is 35.3. The van der Waals surface area contributed by atoms with Crippen molar-refractivity contribution >= 4 is 0 Å². The third-order valence-electron chi connectivity index (χ3n) is 5.35. The second-order valence-corrected chi connectivity index (χ2v) is 6.80. The van der Waals surface area contributed by atoms with Crippen LogP contribution >= 0.6 is 0 Å². The number of aromatic nitrogens is 3. The molecule has 3 aliphatic rings. The van der Waals surface area contributed by atoms with Gasteiger partial charge in [0, 0.05) is 6.04 Å². The van der Waals surface area contributed by atoms with Gasteiger partial charge >= 0.3 is 0 Å². The molecule has 2 fully saturated rings. The predicted octanol–water partition coefficient (Wildman–Crippen LogP) is 0.0608. The molecule has 7 heteroatoms. The number of benzene rings is 1. The molecule has 0 unspecified atom stereocenters. The summed E-state index contributed by atoms with van der Waals surface area (Å²) in [5.74, 6) is 0. The fourth-order valence-corrected chi connectivity index (χ4v) is 4.21. The first kappa shape index (κ1) is 14.5. The minimum Gasteiger partial charge on any atom is -0.389 e. The highest BCUT2D eigenvalue weighted by atomic mass is 16.7. The second kappa shape index (κ2) is 5.63. The number of ether oxygens (including phenoxy) is 2. The summed E-state index contributed by atoms with van der Waals surface area (Å²) < 4.78 is 13.3. The number of hydrogen-bond acceptors (Lipinski definition) is 6. The predicted molar refractivity (Wildman–Crippen MR) is 84.2 cm³/mol. The first-order valence-electron chi connectivity index (χ1n) is 8.41. The number of rotatable bonds is 3. The molecule has 2 aromatic rings. The average molecular weight is 328 g/mol. The van der Waals surface area contributed by atoms with Crippen LogP contribution in [0.15, 0.2) is 36.9 Å². The van der Waals surface area contributed by atoms with Gasteiger partial charge in [0.1, 0.15) is 24.8 Å². The molecule has 126 valence electrons. The van der Waals surface area contributed by atoms with Crippen LogP contribution in [0.4, 0.5) is 0 Å². The van der Waals surface area contributed by atoms with Gasteiger partial charge in [-0.1, -0.05) is 24.3 Å². The van der Waals surface area contributed by atoms with Gasteiger partial charge in [0.05, 0.1) is 18.8 Å². The molecule has 3 heterocycles. The lowest BCUT2D eigenvalue weighted by atomic mass is 9.95. The number of aliphatic hydroxyl groups excluding tert-OH is 1. The fraction of sp³-hybridized carbons (Fsp3) is 0.529. The number of aliphatic hydroxyl groups is 1. The molecule has 1 aromatic carbocycles. The maximum Gasteiger partial charge on any atom is 0.183 e. The van der Waals surface area contributed by atoms with Gasteiger partial charge in [-0.05, 0) is 24.0 Å². The summed E-state index contributed by atoms with van der Waals surface area (Å²) in [6.07, 6.45) is 3.78. The molecule has 2 N–H and O–H groups in total. The van der Waals surface area contributed by atoms with Crippen molar-refractivity contribution in [2.45, 2.75) is 49.5 Å². The largest absolute Gasteiger partial charge is 0.389 e. The van der Waals surface area contributed by atoms with Crippen LogP contribution in [-0.2, 0) is 22.3 Å². The van der Waals surface area contributed by atoms with E-state index < -0.39 is 12.4 Å². The van der Waals surface area contributed by atoms with Gasteiger partial charge in [-0.15, -0.1) is 0 Å². The van der Waals surface area contributed by atoms with E-state index in [4.69, 9.17) is 9.47 Å². The monoisotopic (exact) mass is 328 g/mol. The SMILES string of the molecule is O[C@H]1[C@H](NC2Cc3ccccc3C2)[C@H]2CO[C@H](O2)[C@@H]1n1cncn1. The molecule has 1 aromatic heterocycles. The number of nitrogens with zero attached hydrogens (tertiary/aromatic N) is 3. The van der Waals surface area contributed by atoms with E-state index in [-0.39, 0.29) is 18.2 Å². The third-order valence-corrected chi connectivity index (χ3v) is 5.35. The summed E-state index contributed by atoms with van der Waals surface area (Å²) >= 11 is 0. The summed E-state index contributed by atoms with van der Waals surface area (Å²) in [5.41, 5.74) is 2.77. The summed E-state index contributed by atoms with van der Waals surface area (Å²) in [4.78, 5) is 3.98. The maximum absolute atomic E-state index is 10.9. The first-order valence-corrected chi connectivity index (χ1v) is 8.41. The summed E-state index contributed by atoms with van der Waals surface area (Å²) in [6.45, 7) is 0.490. The average Bonchev–Trinajstić information content (AvgIpc) is 3.32. The van der Waals surface area contributed by atoms with Crippen LogP contribution in [0.3, 0.4) is 0 Å². The molecule has 24 heavy (non-hydrogen) atoms. The highest BCUT2D eigenvalue weighted by molar-refractivity contribution is 5.33. The van der Waals surface area contributed by atoms with Crippen molar-refractivity contribution < 1.29 is 14.6 Å². The lowest BCUT2D eigenvalue weighted by Gasteiger charge is -2.39. The Labute approximate surface area is 139 Å². The molecule has 2 bridgehead atoms. The zero-order valence-electron chi connectivity index (χ0n) is 13.2. The molecule has 5 rings (SSSR count). The highest BCUT2D eigenvalue weighted by Crippen LogP contribution is 2.36. The van der Waals surface area contributed by atoms with E-state index in [9.17, 15) is 5.11 Å². The topological polar surface area (TPSA) is 81.4 Å². The molecule has 0 radical (unpaired) electrons. The van der Waals surface area contributed by atoms with Crippen molar-refractivity contribution in [3.63, 3.8) is 0 Å². The van der Waals surface area contributed by atoms with E-state index in [1.807, 2.05) is 0 Å². The number of hydrogen-bond donors (Lipinski definition) is 2. The van der Waals surface area contributed by atoms with Gasteiger partial charge < -0.3 is 19.9 Å². The Balaban J connectivity index is 1.36. The maximum atomic E-state index is 10.9. The standard InChI is InChI=1S/C17H20N4O3/c22-16-14(20-12-5-10-3-1-2-4-11(10)6-12)13-7-23-17(24-13)15(16)21-9-18-8-19-21/h1-4,8-9,12-17,20,22H,5-7H2/t13-,14-,15-,16+,17-/m1/s1. The van der Waals surface area contributed by atoms with E-state index in [0.717, 1.165) is 12.8 Å². The Hall–Kier alpha value is -1.80. The Kier molecular flexibility index (Phi) is 3.41. The molecule has 7 nitrogen and oxygen atoms in total. The Morgan fingerprint density at radius 1 is 1.21 bits per heavy atom. The van der Waals surface area contributed by atoms with Gasteiger partial charge in [0.15, 0.2) is 6.29 Å². The number of fused-ring (bicyclic) bond motifs is 3. The van der Waals surface area contributed by atoms with Gasteiger partial charge in [-0.3, -0.25) is 0 Å². The van der Waals surface area contributed by atoms with Crippen LogP contribution in [0, 0.1) is 0 Å². The van der Waals surface area contributed by atoms with Crippen LogP contribution in [0.1, 0.15) is 17.2 Å². The minimum absolute atomic E-state index is 0.131. The van der Waals surface area contributed by atoms with Crippen LogP contribution < -0.4 is 5.32 Å². The van der Waals surface area contributed by atoms with Crippen LogP contribution in [0.2, 0.25) is 0 Å². The van der Waals surface area contributed by atoms with E-state index in [1.165, 1.54) is 17.5 Å². The Morgan fingerprint density at radius 2 is 2.00 bits per heavy atom. The summed E-state index contributed by atoms with van der Waals surface area (Å²) in [5, 5.41) is 18.7. The molecule has 1 aliphatic carbocycles. The van der Waals surface area contributed by atoms with Crippen molar-refractivity contribution in [2.24, 2.45) is 0 Å². The van der Waals surface area contributed by atoms with Crippen LogP contribution in [0.5, 0.6) is 0 Å². The van der Waals surface area contributed by atoms with E-state index >= 15 is 0 Å². The molecule has 0 spiro atoms. The zero-order chi connectivity index (χ0) is 16.1. The minimum atomic E-state index is -0.637. The van der Waals surface area contributed by atoms with Gasteiger partial charge in [-0.2, -0.15) is 5.10 Å². The molecule has 0 saturated carbocycles. The van der Waals surface area contributed by atoms with Crippen molar-refractivity contribution in [3.05, 3.63) is 48.0 Å². The van der Waals surface area contributed by atoms with Crippen molar-refractivity contribution in [3.8, 4) is 0 Å². The van der Waals surface area contributed by atoms with Crippen molar-refractivity contribution in [2.75, 3.05) is 6.61 Å². The Morgan fingerprint density at radius 3 is 2.71 bits per heavy atom. The molecule has 5 atom stereocenters. The lowest BCUT2D eigenvalue weighted by Crippen LogP contribution is -2.60. The van der Waals surface area contributed by atoms with Gasteiger partial charge in [0.25, 0.3) is 0 Å². The Bertz CT molecular complexity index is 697. The third kappa shape index (κ3) is 2.28. The lowest BCUT2D eigenvalue weighted by molar-refractivity contribution is -0.169. The fourth-order valence-electron chi connectivity index (χ4n) is 4.21. The summed E-state index contributed by atoms with van der Waals surface area (Å²) in [6, 6.07) is 8.26. The van der Waals surface area contributed by atoms with Gasteiger partial charge in [0.2, 0.25) is 0 Å². The van der Waals surface area contributed by atoms with Gasteiger partial charge in [-0.25, -0.2) is 9.67 Å². The van der Waals surface area contributed by atoms with Crippen molar-refractivity contribution in [1.82, 2.24) is 20.1 Å². The van der Waals surface area contributed by atoms with Crippen LogP contribution in [0.25, 0.3) is 0 Å². The van der Waals surface area contributed by atoms with E-state index in [0.29, 0.717) is 12.6 Å². The molecule has 0 amide bonds.